The van der Waals surface area contributed by atoms with Gasteiger partial charge in [0.25, 0.3) is 0 Å². The SMILES string of the molecule is Cc1nc(Nc2cc(C)[nH]n2)cc(C2CCCN2CC(=O)Nc2ccccc2F)n1. The first-order valence-electron chi connectivity index (χ1n) is 9.91. The Bertz CT molecular complexity index is 1050. The van der Waals surface area contributed by atoms with Crippen molar-refractivity contribution in [3.63, 3.8) is 0 Å². The highest BCUT2D eigenvalue weighted by Gasteiger charge is 2.29. The Morgan fingerprint density at radius 2 is 2.07 bits per heavy atom. The maximum atomic E-state index is 13.8. The lowest BCUT2D eigenvalue weighted by Crippen LogP contribution is -2.33. The van der Waals surface area contributed by atoms with Crippen LogP contribution in [0.5, 0.6) is 0 Å². The van der Waals surface area contributed by atoms with E-state index in [-0.39, 0.29) is 24.2 Å². The van der Waals surface area contributed by atoms with Gasteiger partial charge in [-0.3, -0.25) is 14.8 Å². The van der Waals surface area contributed by atoms with Crippen LogP contribution in [0, 0.1) is 19.7 Å². The molecule has 3 aromatic rings. The summed E-state index contributed by atoms with van der Waals surface area (Å²) in [4.78, 5) is 23.6. The summed E-state index contributed by atoms with van der Waals surface area (Å²) in [5.41, 5.74) is 2.00. The fourth-order valence-corrected chi connectivity index (χ4v) is 3.73. The standard InChI is InChI=1S/C21H24FN7O/c1-13-10-20(28-27-13)26-19-11-17(23-14(2)24-19)18-8-5-9-29(18)12-21(30)25-16-7-4-3-6-15(16)22/h3-4,6-7,10-11,18H,5,8-9,12H2,1-2H3,(H,25,30)(H2,23,24,26,27,28). The number of amides is 1. The number of likely N-dealkylation sites (tertiary alicyclic amines) is 1. The van der Waals surface area contributed by atoms with Gasteiger partial charge >= 0.3 is 0 Å². The van der Waals surface area contributed by atoms with Crippen molar-refractivity contribution >= 4 is 23.2 Å². The fraction of sp³-hybridized carbons (Fsp3) is 0.333. The number of hydrogen-bond acceptors (Lipinski definition) is 6. The maximum Gasteiger partial charge on any atom is 0.238 e. The molecule has 0 aliphatic carbocycles. The zero-order valence-electron chi connectivity index (χ0n) is 16.9. The lowest BCUT2D eigenvalue weighted by atomic mass is 10.1. The van der Waals surface area contributed by atoms with Crippen molar-refractivity contribution in [2.75, 3.05) is 23.7 Å². The van der Waals surface area contributed by atoms with Gasteiger partial charge in [-0.05, 0) is 45.4 Å². The van der Waals surface area contributed by atoms with Gasteiger partial charge in [-0.25, -0.2) is 14.4 Å². The molecule has 1 amide bonds. The van der Waals surface area contributed by atoms with Crippen molar-refractivity contribution < 1.29 is 9.18 Å². The first kappa shape index (κ1) is 20.0. The fourth-order valence-electron chi connectivity index (χ4n) is 3.73. The molecule has 30 heavy (non-hydrogen) atoms. The molecule has 8 nitrogen and oxygen atoms in total. The number of aromatic amines is 1. The van der Waals surface area contributed by atoms with Crippen molar-refractivity contribution in [2.24, 2.45) is 0 Å². The van der Waals surface area contributed by atoms with E-state index >= 15 is 0 Å². The molecule has 1 atom stereocenters. The van der Waals surface area contributed by atoms with E-state index < -0.39 is 5.82 Å². The Morgan fingerprint density at radius 1 is 1.23 bits per heavy atom. The molecule has 1 fully saturated rings. The molecule has 3 heterocycles. The first-order valence-corrected chi connectivity index (χ1v) is 9.91. The van der Waals surface area contributed by atoms with Crippen LogP contribution in [0.4, 0.5) is 21.7 Å². The van der Waals surface area contributed by atoms with Crippen LogP contribution in [-0.4, -0.2) is 44.1 Å². The summed E-state index contributed by atoms with van der Waals surface area (Å²) in [6.07, 6.45) is 1.85. The molecule has 0 radical (unpaired) electrons. The van der Waals surface area contributed by atoms with Crippen molar-refractivity contribution in [2.45, 2.75) is 32.7 Å². The quantitative estimate of drug-likeness (QED) is 0.577. The number of rotatable bonds is 6. The van der Waals surface area contributed by atoms with Crippen LogP contribution < -0.4 is 10.6 Å². The largest absolute Gasteiger partial charge is 0.323 e. The van der Waals surface area contributed by atoms with Gasteiger partial charge in [0, 0.05) is 17.8 Å². The number of nitrogens with zero attached hydrogens (tertiary/aromatic N) is 4. The Morgan fingerprint density at radius 3 is 2.83 bits per heavy atom. The zero-order chi connectivity index (χ0) is 21.1. The molecule has 4 rings (SSSR count). The van der Waals surface area contributed by atoms with E-state index in [2.05, 4.69) is 35.7 Å². The molecule has 1 aromatic carbocycles. The summed E-state index contributed by atoms with van der Waals surface area (Å²) in [6, 6.07) is 9.95. The number of aryl methyl sites for hydroxylation is 2. The normalized spacial score (nSPS) is 16.6. The monoisotopic (exact) mass is 409 g/mol. The van der Waals surface area contributed by atoms with Crippen molar-refractivity contribution in [3.05, 3.63) is 59.4 Å². The summed E-state index contributed by atoms with van der Waals surface area (Å²) in [7, 11) is 0. The van der Waals surface area contributed by atoms with Crippen LogP contribution in [0.15, 0.2) is 36.4 Å². The second-order valence-electron chi connectivity index (χ2n) is 7.44. The molecule has 3 N–H and O–H groups in total. The summed E-state index contributed by atoms with van der Waals surface area (Å²) < 4.78 is 13.8. The zero-order valence-corrected chi connectivity index (χ0v) is 16.9. The van der Waals surface area contributed by atoms with Crippen LogP contribution >= 0.6 is 0 Å². The Labute approximate surface area is 173 Å². The average Bonchev–Trinajstić information content (AvgIpc) is 3.32. The third-order valence-corrected chi connectivity index (χ3v) is 5.02. The highest BCUT2D eigenvalue weighted by atomic mass is 19.1. The number of para-hydroxylation sites is 1. The van der Waals surface area contributed by atoms with Gasteiger partial charge in [-0.15, -0.1) is 0 Å². The molecule has 1 unspecified atom stereocenters. The second-order valence-corrected chi connectivity index (χ2v) is 7.44. The molecule has 0 saturated carbocycles. The minimum absolute atomic E-state index is 0.000426. The second kappa shape index (κ2) is 8.58. The lowest BCUT2D eigenvalue weighted by Gasteiger charge is -2.24. The van der Waals surface area contributed by atoms with Crippen molar-refractivity contribution in [3.8, 4) is 0 Å². The van der Waals surface area contributed by atoms with E-state index in [4.69, 9.17) is 0 Å². The number of hydrogen-bond donors (Lipinski definition) is 3. The van der Waals surface area contributed by atoms with E-state index in [1.807, 2.05) is 26.0 Å². The number of aromatic nitrogens is 4. The first-order chi connectivity index (χ1) is 14.5. The third-order valence-electron chi connectivity index (χ3n) is 5.02. The van der Waals surface area contributed by atoms with E-state index in [1.54, 1.807) is 18.2 Å². The molecule has 156 valence electrons. The number of H-pyrrole nitrogens is 1. The van der Waals surface area contributed by atoms with E-state index in [9.17, 15) is 9.18 Å². The minimum Gasteiger partial charge on any atom is -0.323 e. The number of halogens is 1. The topological polar surface area (TPSA) is 98.8 Å². The van der Waals surface area contributed by atoms with Crippen LogP contribution in [0.2, 0.25) is 0 Å². The van der Waals surface area contributed by atoms with Gasteiger partial charge in [-0.2, -0.15) is 5.10 Å². The Hall–Kier alpha value is -3.33. The highest BCUT2D eigenvalue weighted by Crippen LogP contribution is 2.32. The summed E-state index contributed by atoms with van der Waals surface area (Å²) in [5, 5.41) is 12.9. The molecule has 1 saturated heterocycles. The Kier molecular flexibility index (Phi) is 5.71. The number of anilines is 3. The molecular weight excluding hydrogens is 385 g/mol. The average molecular weight is 409 g/mol. The number of carbonyl (C=O) groups excluding carboxylic acids is 1. The van der Waals surface area contributed by atoms with Gasteiger partial charge in [0.15, 0.2) is 5.82 Å². The third kappa shape index (κ3) is 4.62. The highest BCUT2D eigenvalue weighted by molar-refractivity contribution is 5.92. The van der Waals surface area contributed by atoms with Crippen molar-refractivity contribution in [1.29, 1.82) is 0 Å². The lowest BCUT2D eigenvalue weighted by molar-refractivity contribution is -0.117. The van der Waals surface area contributed by atoms with E-state index in [1.165, 1.54) is 6.07 Å². The molecular formula is C21H24FN7O. The number of nitrogens with one attached hydrogen (secondary N) is 3. The minimum atomic E-state index is -0.445. The van der Waals surface area contributed by atoms with E-state index in [0.717, 1.165) is 30.8 Å². The Balaban J connectivity index is 1.47. The molecule has 2 aromatic heterocycles. The van der Waals surface area contributed by atoms with Gasteiger partial charge in [-0.1, -0.05) is 12.1 Å². The molecule has 0 spiro atoms. The van der Waals surface area contributed by atoms with Crippen LogP contribution in [0.1, 0.15) is 36.1 Å². The van der Waals surface area contributed by atoms with E-state index in [0.29, 0.717) is 17.5 Å². The van der Waals surface area contributed by atoms with Gasteiger partial charge in [0.05, 0.1) is 24.0 Å². The number of benzene rings is 1. The van der Waals surface area contributed by atoms with Crippen LogP contribution in [0.25, 0.3) is 0 Å². The van der Waals surface area contributed by atoms with Gasteiger partial charge in [0.2, 0.25) is 5.91 Å². The molecule has 1 aliphatic heterocycles. The smallest absolute Gasteiger partial charge is 0.238 e. The van der Waals surface area contributed by atoms with Gasteiger partial charge < -0.3 is 10.6 Å². The van der Waals surface area contributed by atoms with Crippen molar-refractivity contribution in [1.82, 2.24) is 25.1 Å². The predicted molar refractivity (Wildman–Crippen MR) is 112 cm³/mol. The molecule has 9 heteroatoms. The summed E-state index contributed by atoms with van der Waals surface area (Å²) >= 11 is 0. The summed E-state index contributed by atoms with van der Waals surface area (Å²) in [6.45, 7) is 4.72. The van der Waals surface area contributed by atoms with Crippen LogP contribution in [0.3, 0.4) is 0 Å². The molecule has 0 bridgehead atoms. The maximum absolute atomic E-state index is 13.8. The number of carbonyl (C=O) groups is 1. The molecule has 1 aliphatic rings. The summed E-state index contributed by atoms with van der Waals surface area (Å²) in [5.74, 6) is 1.29. The van der Waals surface area contributed by atoms with Gasteiger partial charge in [0.1, 0.15) is 17.5 Å². The predicted octanol–water partition coefficient (Wildman–Crippen LogP) is 3.47. The van der Waals surface area contributed by atoms with Crippen LogP contribution in [-0.2, 0) is 4.79 Å².